The van der Waals surface area contributed by atoms with Crippen LogP contribution in [0.5, 0.6) is 0 Å². The number of piperazine rings is 2. The number of carbonyl (C=O) groups excluding carboxylic acids is 2. The van der Waals surface area contributed by atoms with Gasteiger partial charge in [0.2, 0.25) is 0 Å². The molecular formula is C17H30N4O7S. The van der Waals surface area contributed by atoms with Crippen LogP contribution in [0.3, 0.4) is 0 Å². The molecule has 3 rings (SSSR count). The number of hydrogen-bond donors (Lipinski definition) is 1. The minimum atomic E-state index is -3.89. The van der Waals surface area contributed by atoms with Crippen LogP contribution < -0.4 is 5.32 Å². The van der Waals surface area contributed by atoms with Crippen molar-refractivity contribution in [2.45, 2.75) is 31.3 Å². The molecule has 3 aliphatic rings. The van der Waals surface area contributed by atoms with Crippen LogP contribution in [0.2, 0.25) is 0 Å². The van der Waals surface area contributed by atoms with Crippen LogP contribution in [0.25, 0.3) is 0 Å². The molecule has 166 valence electrons. The molecule has 2 bridgehead atoms. The highest BCUT2D eigenvalue weighted by Gasteiger charge is 2.63. The van der Waals surface area contributed by atoms with Crippen molar-refractivity contribution >= 4 is 22.3 Å². The second-order valence-electron chi connectivity index (χ2n) is 7.38. The third kappa shape index (κ3) is 4.22. The standard InChI is InChI=1S/C17H30N4O7S/c1-3-27-15(22)17-5-4-14(12-19(13-17)16(23)28-11-10-26-2)21(17)29(24,25)20-8-6-18-7-9-20/h14,18H,3-13H2,1-2H3. The van der Waals surface area contributed by atoms with Crippen LogP contribution in [-0.2, 0) is 29.2 Å². The molecule has 1 amide bonds. The van der Waals surface area contributed by atoms with Crippen LogP contribution in [0.15, 0.2) is 0 Å². The maximum Gasteiger partial charge on any atom is 0.409 e. The Morgan fingerprint density at radius 2 is 1.90 bits per heavy atom. The fraction of sp³-hybridized carbons (Fsp3) is 0.882. The quantitative estimate of drug-likeness (QED) is 0.401. The topological polar surface area (TPSA) is 118 Å². The van der Waals surface area contributed by atoms with E-state index in [-0.39, 0.29) is 32.9 Å². The molecule has 2 atom stereocenters. The summed E-state index contributed by atoms with van der Waals surface area (Å²) >= 11 is 0. The number of ether oxygens (including phenoxy) is 3. The number of amides is 1. The maximum atomic E-state index is 13.5. The lowest BCUT2D eigenvalue weighted by molar-refractivity contribution is -0.156. The molecule has 12 heteroatoms. The number of fused-ring (bicyclic) bond motifs is 2. The van der Waals surface area contributed by atoms with Gasteiger partial charge in [-0.25, -0.2) is 9.59 Å². The van der Waals surface area contributed by atoms with Gasteiger partial charge in [-0.05, 0) is 19.8 Å². The monoisotopic (exact) mass is 434 g/mol. The van der Waals surface area contributed by atoms with Crippen molar-refractivity contribution in [2.75, 3.05) is 66.2 Å². The summed E-state index contributed by atoms with van der Waals surface area (Å²) in [7, 11) is -2.38. The molecule has 0 aliphatic carbocycles. The van der Waals surface area contributed by atoms with Gasteiger partial charge < -0.3 is 24.4 Å². The molecular weight excluding hydrogens is 404 g/mol. The van der Waals surface area contributed by atoms with E-state index in [1.165, 1.54) is 20.6 Å². The van der Waals surface area contributed by atoms with Gasteiger partial charge in [0.1, 0.15) is 6.61 Å². The van der Waals surface area contributed by atoms with E-state index in [9.17, 15) is 18.0 Å². The maximum absolute atomic E-state index is 13.5. The summed E-state index contributed by atoms with van der Waals surface area (Å²) in [4.78, 5) is 26.9. The van der Waals surface area contributed by atoms with Crippen molar-refractivity contribution in [1.82, 2.24) is 18.8 Å². The summed E-state index contributed by atoms with van der Waals surface area (Å²) in [5.41, 5.74) is -1.43. The average Bonchev–Trinajstić information content (AvgIpc) is 2.97. The lowest BCUT2D eigenvalue weighted by atomic mass is 9.97. The SMILES string of the molecule is CCOC(=O)C12CCC(CN(C(=O)OCCOC)C1)N2S(=O)(=O)N1CCNCC1. The van der Waals surface area contributed by atoms with Crippen molar-refractivity contribution in [2.24, 2.45) is 0 Å². The minimum absolute atomic E-state index is 0.0839. The van der Waals surface area contributed by atoms with E-state index in [2.05, 4.69) is 5.32 Å². The Hall–Kier alpha value is -1.47. The van der Waals surface area contributed by atoms with Crippen LogP contribution in [0.1, 0.15) is 19.8 Å². The third-order valence-electron chi connectivity index (χ3n) is 5.61. The first-order chi connectivity index (χ1) is 13.9. The van der Waals surface area contributed by atoms with Gasteiger partial charge >= 0.3 is 12.1 Å². The van der Waals surface area contributed by atoms with Crippen LogP contribution in [0.4, 0.5) is 4.79 Å². The van der Waals surface area contributed by atoms with Gasteiger partial charge in [-0.15, -0.1) is 0 Å². The van der Waals surface area contributed by atoms with Gasteiger partial charge in [0.15, 0.2) is 5.54 Å². The Kier molecular flexibility index (Phi) is 6.99. The minimum Gasteiger partial charge on any atom is -0.465 e. The molecule has 11 nitrogen and oxygen atoms in total. The number of methoxy groups -OCH3 is 1. The molecule has 0 radical (unpaired) electrons. The summed E-state index contributed by atoms with van der Waals surface area (Å²) in [6.45, 7) is 4.05. The van der Waals surface area contributed by atoms with E-state index in [1.807, 2.05) is 0 Å². The summed E-state index contributed by atoms with van der Waals surface area (Å²) in [6, 6.07) is -0.497. The molecule has 3 saturated heterocycles. The van der Waals surface area contributed by atoms with Crippen molar-refractivity contribution in [1.29, 1.82) is 0 Å². The molecule has 0 spiro atoms. The Balaban J connectivity index is 1.87. The number of esters is 1. The fourth-order valence-corrected chi connectivity index (χ4v) is 6.41. The molecule has 2 unspecified atom stereocenters. The van der Waals surface area contributed by atoms with Gasteiger partial charge in [-0.1, -0.05) is 0 Å². The number of rotatable bonds is 7. The average molecular weight is 435 g/mol. The lowest BCUT2D eigenvalue weighted by Gasteiger charge is -2.47. The number of nitrogens with one attached hydrogen (secondary N) is 1. The Morgan fingerprint density at radius 1 is 1.17 bits per heavy atom. The van der Waals surface area contributed by atoms with E-state index >= 15 is 0 Å². The van der Waals surface area contributed by atoms with Crippen molar-refractivity contribution < 1.29 is 32.2 Å². The van der Waals surface area contributed by atoms with Gasteiger partial charge in [0.25, 0.3) is 10.2 Å². The molecule has 0 aromatic heterocycles. The summed E-state index contributed by atoms with van der Waals surface area (Å²) in [6.07, 6.45) is 0.206. The molecule has 1 N–H and O–H groups in total. The highest BCUT2D eigenvalue weighted by atomic mass is 32.2. The third-order valence-corrected chi connectivity index (χ3v) is 7.77. The smallest absolute Gasteiger partial charge is 0.409 e. The second kappa shape index (κ2) is 9.13. The van der Waals surface area contributed by atoms with Gasteiger partial charge in [0, 0.05) is 45.9 Å². The first-order valence-electron chi connectivity index (χ1n) is 9.95. The van der Waals surface area contributed by atoms with Gasteiger partial charge in [-0.2, -0.15) is 17.0 Å². The van der Waals surface area contributed by atoms with E-state index in [0.717, 1.165) is 0 Å². The predicted molar refractivity (Wildman–Crippen MR) is 102 cm³/mol. The van der Waals surface area contributed by atoms with E-state index < -0.39 is 33.9 Å². The largest absolute Gasteiger partial charge is 0.465 e. The van der Waals surface area contributed by atoms with E-state index in [1.54, 1.807) is 6.92 Å². The van der Waals surface area contributed by atoms with Crippen LogP contribution >= 0.6 is 0 Å². The fourth-order valence-electron chi connectivity index (χ4n) is 4.30. The number of hydrogen-bond acceptors (Lipinski definition) is 8. The predicted octanol–water partition coefficient (Wildman–Crippen LogP) is -0.999. The Morgan fingerprint density at radius 3 is 2.55 bits per heavy atom. The van der Waals surface area contributed by atoms with Gasteiger partial charge in [-0.3, -0.25) is 0 Å². The molecule has 0 saturated carbocycles. The first kappa shape index (κ1) is 22.2. The van der Waals surface area contributed by atoms with Crippen molar-refractivity contribution in [3.63, 3.8) is 0 Å². The molecule has 3 fully saturated rings. The zero-order chi connectivity index (χ0) is 21.1. The summed E-state index contributed by atoms with van der Waals surface area (Å²) in [5.74, 6) is -0.615. The molecule has 3 heterocycles. The molecule has 29 heavy (non-hydrogen) atoms. The van der Waals surface area contributed by atoms with E-state index in [0.29, 0.717) is 39.0 Å². The zero-order valence-electron chi connectivity index (χ0n) is 17.0. The van der Waals surface area contributed by atoms with Crippen molar-refractivity contribution in [3.05, 3.63) is 0 Å². The first-order valence-corrected chi connectivity index (χ1v) is 11.3. The zero-order valence-corrected chi connectivity index (χ0v) is 17.8. The van der Waals surface area contributed by atoms with Crippen molar-refractivity contribution in [3.8, 4) is 0 Å². The number of nitrogens with zero attached hydrogens (tertiary/aromatic N) is 3. The normalized spacial score (nSPS) is 28.3. The van der Waals surface area contributed by atoms with Crippen LogP contribution in [0, 0.1) is 0 Å². The number of likely N-dealkylation sites (tertiary alicyclic amines) is 1. The highest BCUT2D eigenvalue weighted by molar-refractivity contribution is 7.86. The molecule has 0 aromatic rings. The second-order valence-corrected chi connectivity index (χ2v) is 9.19. The molecule has 3 aliphatic heterocycles. The van der Waals surface area contributed by atoms with E-state index in [4.69, 9.17) is 14.2 Å². The van der Waals surface area contributed by atoms with Crippen LogP contribution in [-0.4, -0.2) is 112 Å². The highest BCUT2D eigenvalue weighted by Crippen LogP contribution is 2.43. The Labute approximate surface area is 171 Å². The van der Waals surface area contributed by atoms with Gasteiger partial charge in [0.05, 0.1) is 19.8 Å². The lowest BCUT2D eigenvalue weighted by Crippen LogP contribution is -2.70. The molecule has 0 aromatic carbocycles. The Bertz CT molecular complexity index is 713. The summed E-state index contributed by atoms with van der Waals surface area (Å²) in [5, 5.41) is 3.13. The number of carbonyl (C=O) groups is 2. The summed E-state index contributed by atoms with van der Waals surface area (Å²) < 4.78 is 45.0.